The van der Waals surface area contributed by atoms with Crippen LogP contribution in [0, 0.1) is 0 Å². The minimum absolute atomic E-state index is 0.0573. The lowest BCUT2D eigenvalue weighted by atomic mass is 10.2. The Hall–Kier alpha value is -2.61. The zero-order chi connectivity index (χ0) is 17.2. The Morgan fingerprint density at radius 1 is 1.33 bits per heavy atom. The van der Waals surface area contributed by atoms with Gasteiger partial charge in [0.25, 0.3) is 5.91 Å². The molecular weight excluding hydrogens is 330 g/mol. The number of nitrogens with zero attached hydrogens (tertiary/aromatic N) is 2. The molecule has 1 N–H and O–H groups in total. The van der Waals surface area contributed by atoms with E-state index in [0.717, 1.165) is 0 Å². The molecule has 126 valence electrons. The number of hydrogen-bond donors (Lipinski definition) is 1. The third-order valence-electron chi connectivity index (χ3n) is 3.66. The topological polar surface area (TPSA) is 88.6 Å². The molecule has 2 aromatic rings. The van der Waals surface area contributed by atoms with Crippen molar-refractivity contribution in [1.29, 1.82) is 0 Å². The van der Waals surface area contributed by atoms with E-state index in [-0.39, 0.29) is 12.3 Å². The van der Waals surface area contributed by atoms with E-state index in [4.69, 9.17) is 4.74 Å². The summed E-state index contributed by atoms with van der Waals surface area (Å²) < 4.78 is 31.7. The van der Waals surface area contributed by atoms with E-state index < -0.39 is 22.0 Å². The van der Waals surface area contributed by atoms with Crippen molar-refractivity contribution >= 4 is 27.3 Å². The maximum atomic E-state index is 12.5. The van der Waals surface area contributed by atoms with E-state index in [2.05, 4.69) is 10.3 Å². The highest BCUT2D eigenvalue weighted by Gasteiger charge is 2.35. The number of hydrogen-bond acceptors (Lipinski definition) is 5. The van der Waals surface area contributed by atoms with Gasteiger partial charge in [-0.15, -0.1) is 0 Å². The SMILES string of the molecule is CCS(=O)(=O)N1C[C@H](C(=O)Nc2cccnc2)Oc2ccccc21. The molecule has 1 aromatic heterocycles. The average molecular weight is 347 g/mol. The van der Waals surface area contributed by atoms with Crippen LogP contribution in [0.25, 0.3) is 0 Å². The van der Waals surface area contributed by atoms with E-state index in [1.54, 1.807) is 49.5 Å². The number of fused-ring (bicyclic) bond motifs is 1. The summed E-state index contributed by atoms with van der Waals surface area (Å²) in [6.07, 6.45) is 2.16. The van der Waals surface area contributed by atoms with Gasteiger partial charge in [0.1, 0.15) is 5.75 Å². The summed E-state index contributed by atoms with van der Waals surface area (Å²) >= 11 is 0. The zero-order valence-corrected chi connectivity index (χ0v) is 13.9. The van der Waals surface area contributed by atoms with E-state index in [0.29, 0.717) is 17.1 Å². The van der Waals surface area contributed by atoms with Crippen molar-refractivity contribution in [3.63, 3.8) is 0 Å². The van der Waals surface area contributed by atoms with Gasteiger partial charge < -0.3 is 10.1 Å². The van der Waals surface area contributed by atoms with Crippen LogP contribution in [0.1, 0.15) is 6.92 Å². The molecule has 24 heavy (non-hydrogen) atoms. The lowest BCUT2D eigenvalue weighted by Gasteiger charge is -2.34. The van der Waals surface area contributed by atoms with Crippen molar-refractivity contribution in [1.82, 2.24) is 4.98 Å². The molecule has 0 aliphatic carbocycles. The Kier molecular flexibility index (Phi) is 4.39. The summed E-state index contributed by atoms with van der Waals surface area (Å²) in [6, 6.07) is 10.2. The van der Waals surface area contributed by atoms with Crippen molar-refractivity contribution in [2.75, 3.05) is 21.9 Å². The normalized spacial score (nSPS) is 16.9. The standard InChI is InChI=1S/C16H17N3O4S/c1-2-24(21,22)19-11-15(23-14-8-4-3-7-13(14)19)16(20)18-12-6-5-9-17-10-12/h3-10,15H,2,11H2,1H3,(H,18,20)/t15-/m1/s1. The Balaban J connectivity index is 1.88. The van der Waals surface area contributed by atoms with E-state index in [1.807, 2.05) is 0 Å². The predicted molar refractivity (Wildman–Crippen MR) is 90.5 cm³/mol. The van der Waals surface area contributed by atoms with Gasteiger partial charge in [0.05, 0.1) is 29.9 Å². The molecule has 2 heterocycles. The minimum Gasteiger partial charge on any atom is -0.476 e. The number of pyridine rings is 1. The van der Waals surface area contributed by atoms with E-state index >= 15 is 0 Å². The fourth-order valence-corrected chi connectivity index (χ4v) is 3.54. The average Bonchev–Trinajstić information content (AvgIpc) is 2.61. The summed E-state index contributed by atoms with van der Waals surface area (Å²) in [5.74, 6) is -0.112. The number of ether oxygens (including phenoxy) is 1. The molecule has 8 heteroatoms. The van der Waals surface area contributed by atoms with Gasteiger partial charge in [0.2, 0.25) is 10.0 Å². The lowest BCUT2D eigenvalue weighted by Crippen LogP contribution is -2.49. The van der Waals surface area contributed by atoms with Crippen LogP contribution < -0.4 is 14.4 Å². The molecular formula is C16H17N3O4S. The molecule has 0 fully saturated rings. The molecule has 0 radical (unpaired) electrons. The molecule has 7 nitrogen and oxygen atoms in total. The van der Waals surface area contributed by atoms with Crippen molar-refractivity contribution < 1.29 is 17.9 Å². The van der Waals surface area contributed by atoms with Crippen LogP contribution in [0.2, 0.25) is 0 Å². The second-order valence-electron chi connectivity index (χ2n) is 5.24. The molecule has 1 amide bonds. The van der Waals surface area contributed by atoms with Crippen LogP contribution in [-0.4, -0.2) is 37.7 Å². The first-order valence-electron chi connectivity index (χ1n) is 7.48. The molecule has 1 aliphatic rings. The molecule has 0 saturated heterocycles. The Morgan fingerprint density at radius 3 is 2.83 bits per heavy atom. The van der Waals surface area contributed by atoms with Crippen LogP contribution in [0.15, 0.2) is 48.8 Å². The third kappa shape index (κ3) is 3.18. The number of para-hydroxylation sites is 2. The quantitative estimate of drug-likeness (QED) is 0.908. The maximum Gasteiger partial charge on any atom is 0.267 e. The molecule has 0 unspecified atom stereocenters. The van der Waals surface area contributed by atoms with Crippen molar-refractivity contribution in [2.24, 2.45) is 0 Å². The van der Waals surface area contributed by atoms with Gasteiger partial charge in [-0.25, -0.2) is 8.42 Å². The van der Waals surface area contributed by atoms with Gasteiger partial charge in [-0.05, 0) is 31.2 Å². The van der Waals surface area contributed by atoms with Crippen molar-refractivity contribution in [3.05, 3.63) is 48.8 Å². The molecule has 1 aliphatic heterocycles. The molecule has 0 saturated carbocycles. The second-order valence-corrected chi connectivity index (χ2v) is 7.42. The first-order valence-corrected chi connectivity index (χ1v) is 9.09. The van der Waals surface area contributed by atoms with Crippen LogP contribution in [0.4, 0.5) is 11.4 Å². The predicted octanol–water partition coefficient (Wildman–Crippen LogP) is 1.64. The van der Waals surface area contributed by atoms with Gasteiger partial charge in [-0.1, -0.05) is 12.1 Å². The van der Waals surface area contributed by atoms with E-state index in [9.17, 15) is 13.2 Å². The second kappa shape index (κ2) is 6.48. The molecule has 1 atom stereocenters. The summed E-state index contributed by atoms with van der Waals surface area (Å²) in [4.78, 5) is 16.4. The Bertz CT molecular complexity index is 839. The van der Waals surface area contributed by atoms with Crippen molar-refractivity contribution in [2.45, 2.75) is 13.0 Å². The monoisotopic (exact) mass is 347 g/mol. The smallest absolute Gasteiger partial charge is 0.267 e. The highest BCUT2D eigenvalue weighted by molar-refractivity contribution is 7.92. The fourth-order valence-electron chi connectivity index (χ4n) is 2.42. The van der Waals surface area contributed by atoms with E-state index in [1.165, 1.54) is 10.5 Å². The summed E-state index contributed by atoms with van der Waals surface area (Å²) in [6.45, 7) is 1.50. The summed E-state index contributed by atoms with van der Waals surface area (Å²) in [7, 11) is -3.51. The maximum absolute atomic E-state index is 12.5. The van der Waals surface area contributed by atoms with Gasteiger partial charge in [0.15, 0.2) is 6.10 Å². The summed E-state index contributed by atoms with van der Waals surface area (Å²) in [5, 5.41) is 2.68. The van der Waals surface area contributed by atoms with Crippen LogP contribution in [0.5, 0.6) is 5.75 Å². The number of rotatable bonds is 4. The Labute approximate surface area is 140 Å². The number of amides is 1. The highest BCUT2D eigenvalue weighted by Crippen LogP contribution is 2.35. The Morgan fingerprint density at radius 2 is 2.12 bits per heavy atom. The third-order valence-corrected chi connectivity index (χ3v) is 5.40. The van der Waals surface area contributed by atoms with Gasteiger partial charge in [-0.2, -0.15) is 0 Å². The van der Waals surface area contributed by atoms with Crippen molar-refractivity contribution in [3.8, 4) is 5.75 Å². The zero-order valence-electron chi connectivity index (χ0n) is 13.0. The lowest BCUT2D eigenvalue weighted by molar-refractivity contribution is -0.122. The first kappa shape index (κ1) is 16.3. The number of nitrogens with one attached hydrogen (secondary N) is 1. The van der Waals surface area contributed by atoms with Crippen LogP contribution in [0.3, 0.4) is 0 Å². The largest absolute Gasteiger partial charge is 0.476 e. The van der Waals surface area contributed by atoms with Crippen LogP contribution in [-0.2, 0) is 14.8 Å². The first-order chi connectivity index (χ1) is 11.5. The number of carbonyl (C=O) groups excluding carboxylic acids is 1. The summed E-state index contributed by atoms with van der Waals surface area (Å²) in [5.41, 5.74) is 0.972. The molecule has 0 spiro atoms. The van der Waals surface area contributed by atoms with Gasteiger partial charge >= 0.3 is 0 Å². The fraction of sp³-hybridized carbons (Fsp3) is 0.250. The highest BCUT2D eigenvalue weighted by atomic mass is 32.2. The molecule has 0 bridgehead atoms. The number of carbonyl (C=O) groups is 1. The molecule has 1 aromatic carbocycles. The van der Waals surface area contributed by atoms with Gasteiger partial charge in [-0.3, -0.25) is 14.1 Å². The number of aromatic nitrogens is 1. The number of sulfonamides is 1. The minimum atomic E-state index is -3.51. The van der Waals surface area contributed by atoms with Crippen LogP contribution >= 0.6 is 0 Å². The van der Waals surface area contributed by atoms with Gasteiger partial charge in [0, 0.05) is 6.20 Å². The molecule has 3 rings (SSSR count). The number of anilines is 2. The number of benzene rings is 1.